The van der Waals surface area contributed by atoms with E-state index >= 15 is 0 Å². The summed E-state index contributed by atoms with van der Waals surface area (Å²) in [4.78, 5) is 11.4. The SMILES string of the molecule is CC#CC(C)OC(=O)c1ccccc1F. The first-order chi connectivity index (χ1) is 7.15. The minimum atomic E-state index is -0.691. The van der Waals surface area contributed by atoms with Crippen molar-refractivity contribution in [2.45, 2.75) is 20.0 Å². The molecule has 0 spiro atoms. The van der Waals surface area contributed by atoms with Gasteiger partial charge in [-0.3, -0.25) is 0 Å². The smallest absolute Gasteiger partial charge is 0.342 e. The van der Waals surface area contributed by atoms with Gasteiger partial charge < -0.3 is 4.74 Å². The number of hydrogen-bond acceptors (Lipinski definition) is 2. The molecule has 1 aromatic rings. The van der Waals surface area contributed by atoms with Gasteiger partial charge in [-0.15, -0.1) is 5.92 Å². The molecular formula is C12H11FO2. The molecular weight excluding hydrogens is 195 g/mol. The van der Waals surface area contributed by atoms with E-state index in [0.717, 1.165) is 0 Å². The summed E-state index contributed by atoms with van der Waals surface area (Å²) in [5.41, 5.74) is -0.0674. The molecule has 0 radical (unpaired) electrons. The lowest BCUT2D eigenvalue weighted by Crippen LogP contribution is -2.14. The quantitative estimate of drug-likeness (QED) is 0.548. The van der Waals surface area contributed by atoms with E-state index in [-0.39, 0.29) is 5.56 Å². The summed E-state index contributed by atoms with van der Waals surface area (Å²) < 4.78 is 18.0. The predicted octanol–water partition coefficient (Wildman–Crippen LogP) is 2.39. The van der Waals surface area contributed by atoms with Gasteiger partial charge in [0.05, 0.1) is 5.56 Å². The van der Waals surface area contributed by atoms with Crippen LogP contribution >= 0.6 is 0 Å². The van der Waals surface area contributed by atoms with Gasteiger partial charge in [-0.2, -0.15) is 0 Å². The van der Waals surface area contributed by atoms with Crippen LogP contribution in [0.25, 0.3) is 0 Å². The van der Waals surface area contributed by atoms with Crippen molar-refractivity contribution in [1.82, 2.24) is 0 Å². The molecule has 1 rings (SSSR count). The second-order valence-electron chi connectivity index (χ2n) is 2.92. The lowest BCUT2D eigenvalue weighted by atomic mass is 10.2. The molecule has 0 saturated heterocycles. The van der Waals surface area contributed by atoms with Crippen LogP contribution in [-0.2, 0) is 4.74 Å². The summed E-state index contributed by atoms with van der Waals surface area (Å²) in [6, 6.07) is 5.69. The van der Waals surface area contributed by atoms with Crippen LogP contribution in [0.2, 0.25) is 0 Å². The van der Waals surface area contributed by atoms with Gasteiger partial charge in [-0.1, -0.05) is 18.1 Å². The maximum absolute atomic E-state index is 13.1. The van der Waals surface area contributed by atoms with E-state index in [9.17, 15) is 9.18 Å². The standard InChI is InChI=1S/C12H11FO2/c1-3-6-9(2)15-12(14)10-7-4-5-8-11(10)13/h4-5,7-9H,1-2H3. The maximum Gasteiger partial charge on any atom is 0.342 e. The Balaban J connectivity index is 2.77. The molecule has 1 aromatic carbocycles. The summed E-state index contributed by atoms with van der Waals surface area (Å²) >= 11 is 0. The number of carbonyl (C=O) groups is 1. The Labute approximate surface area is 88.1 Å². The molecule has 1 atom stereocenters. The topological polar surface area (TPSA) is 26.3 Å². The number of esters is 1. The highest BCUT2D eigenvalue weighted by Gasteiger charge is 2.13. The van der Waals surface area contributed by atoms with Crippen LogP contribution in [0.3, 0.4) is 0 Å². The molecule has 0 saturated carbocycles. The normalized spacial score (nSPS) is 11.1. The second-order valence-corrected chi connectivity index (χ2v) is 2.92. The minimum absolute atomic E-state index is 0.0674. The highest BCUT2D eigenvalue weighted by molar-refractivity contribution is 5.89. The van der Waals surface area contributed by atoms with Crippen molar-refractivity contribution in [1.29, 1.82) is 0 Å². The van der Waals surface area contributed by atoms with Crippen molar-refractivity contribution in [2.24, 2.45) is 0 Å². The number of hydrogen-bond donors (Lipinski definition) is 0. The molecule has 78 valence electrons. The summed E-state index contributed by atoms with van der Waals surface area (Å²) in [7, 11) is 0. The first-order valence-corrected chi connectivity index (χ1v) is 4.53. The van der Waals surface area contributed by atoms with Crippen molar-refractivity contribution in [3.8, 4) is 11.8 Å². The Morgan fingerprint density at radius 1 is 1.47 bits per heavy atom. The van der Waals surface area contributed by atoms with Crippen molar-refractivity contribution >= 4 is 5.97 Å². The third kappa shape index (κ3) is 3.10. The molecule has 0 fully saturated rings. The van der Waals surface area contributed by atoms with Crippen molar-refractivity contribution in [3.63, 3.8) is 0 Å². The summed E-state index contributed by atoms with van der Waals surface area (Å²) in [6.45, 7) is 3.28. The lowest BCUT2D eigenvalue weighted by molar-refractivity contribution is 0.0433. The Kier molecular flexibility index (Phi) is 3.87. The fraction of sp³-hybridized carbons (Fsp3) is 0.250. The zero-order valence-electron chi connectivity index (χ0n) is 8.58. The largest absolute Gasteiger partial charge is 0.446 e. The fourth-order valence-electron chi connectivity index (χ4n) is 1.08. The highest BCUT2D eigenvalue weighted by Crippen LogP contribution is 2.08. The summed E-state index contributed by atoms with van der Waals surface area (Å²) in [5.74, 6) is 3.99. The van der Waals surface area contributed by atoms with E-state index in [1.165, 1.54) is 18.2 Å². The lowest BCUT2D eigenvalue weighted by Gasteiger charge is -2.07. The van der Waals surface area contributed by atoms with Crippen LogP contribution in [0, 0.1) is 17.7 Å². The first-order valence-electron chi connectivity index (χ1n) is 4.53. The monoisotopic (exact) mass is 206 g/mol. The first kappa shape index (κ1) is 11.3. The van der Waals surface area contributed by atoms with Gasteiger partial charge in [0.2, 0.25) is 0 Å². The van der Waals surface area contributed by atoms with Gasteiger partial charge in [-0.05, 0) is 26.0 Å². The molecule has 0 bridgehead atoms. The molecule has 0 heterocycles. The van der Waals surface area contributed by atoms with Crippen LogP contribution in [0.4, 0.5) is 4.39 Å². The van der Waals surface area contributed by atoms with Gasteiger partial charge >= 0.3 is 5.97 Å². The minimum Gasteiger partial charge on any atom is -0.446 e. The Morgan fingerprint density at radius 3 is 2.73 bits per heavy atom. The summed E-state index contributed by atoms with van der Waals surface area (Å²) in [5, 5.41) is 0. The van der Waals surface area contributed by atoms with Crippen LogP contribution in [-0.4, -0.2) is 12.1 Å². The maximum atomic E-state index is 13.1. The number of benzene rings is 1. The van der Waals surface area contributed by atoms with Gasteiger partial charge in [0.15, 0.2) is 6.10 Å². The van der Waals surface area contributed by atoms with Gasteiger partial charge in [0.25, 0.3) is 0 Å². The zero-order chi connectivity index (χ0) is 11.3. The molecule has 0 aliphatic carbocycles. The fourth-order valence-corrected chi connectivity index (χ4v) is 1.08. The van der Waals surface area contributed by atoms with E-state index in [1.807, 2.05) is 0 Å². The molecule has 2 nitrogen and oxygen atoms in total. The van der Waals surface area contributed by atoms with Gasteiger partial charge in [-0.25, -0.2) is 9.18 Å². The third-order valence-corrected chi connectivity index (χ3v) is 1.73. The molecule has 15 heavy (non-hydrogen) atoms. The molecule has 0 N–H and O–H groups in total. The zero-order valence-corrected chi connectivity index (χ0v) is 8.58. The molecule has 0 aliphatic rings. The predicted molar refractivity (Wildman–Crippen MR) is 54.7 cm³/mol. The number of ether oxygens (including phenoxy) is 1. The van der Waals surface area contributed by atoms with E-state index in [2.05, 4.69) is 11.8 Å². The van der Waals surface area contributed by atoms with E-state index < -0.39 is 17.9 Å². The average molecular weight is 206 g/mol. The van der Waals surface area contributed by atoms with Crippen LogP contribution in [0.15, 0.2) is 24.3 Å². The number of halogens is 1. The van der Waals surface area contributed by atoms with Crippen molar-refractivity contribution < 1.29 is 13.9 Å². The number of carbonyl (C=O) groups excluding carboxylic acids is 1. The second kappa shape index (κ2) is 5.16. The highest BCUT2D eigenvalue weighted by atomic mass is 19.1. The number of rotatable bonds is 2. The molecule has 1 unspecified atom stereocenters. The summed E-state index contributed by atoms with van der Waals surface area (Å²) in [6.07, 6.45) is -0.526. The van der Waals surface area contributed by atoms with Crippen LogP contribution in [0.1, 0.15) is 24.2 Å². The van der Waals surface area contributed by atoms with Gasteiger partial charge in [0, 0.05) is 0 Å². The van der Waals surface area contributed by atoms with E-state index in [1.54, 1.807) is 19.9 Å². The van der Waals surface area contributed by atoms with Crippen molar-refractivity contribution in [2.75, 3.05) is 0 Å². The Hall–Kier alpha value is -1.82. The van der Waals surface area contributed by atoms with Crippen LogP contribution < -0.4 is 0 Å². The van der Waals surface area contributed by atoms with E-state index in [0.29, 0.717) is 0 Å². The van der Waals surface area contributed by atoms with Gasteiger partial charge in [0.1, 0.15) is 5.82 Å². The molecule has 0 amide bonds. The third-order valence-electron chi connectivity index (χ3n) is 1.73. The molecule has 0 aromatic heterocycles. The molecule has 3 heteroatoms. The average Bonchev–Trinajstić information content (AvgIpc) is 2.18. The molecule has 0 aliphatic heterocycles. The van der Waals surface area contributed by atoms with E-state index in [4.69, 9.17) is 4.74 Å². The van der Waals surface area contributed by atoms with Crippen molar-refractivity contribution in [3.05, 3.63) is 35.6 Å². The van der Waals surface area contributed by atoms with Crippen LogP contribution in [0.5, 0.6) is 0 Å². The Morgan fingerprint density at radius 2 is 2.13 bits per heavy atom. The Bertz CT molecular complexity index is 415.